The highest BCUT2D eigenvalue weighted by Gasteiger charge is 2.36. The van der Waals surface area contributed by atoms with E-state index in [0.29, 0.717) is 30.2 Å². The van der Waals surface area contributed by atoms with Crippen LogP contribution in [0.25, 0.3) is 0 Å². The number of hydrogen-bond donors (Lipinski definition) is 0. The second-order valence-corrected chi connectivity index (χ2v) is 6.65. The molecule has 0 N–H and O–H groups in total. The van der Waals surface area contributed by atoms with Crippen LogP contribution in [0.5, 0.6) is 5.75 Å². The molecule has 0 aliphatic rings. The molecule has 25 heavy (non-hydrogen) atoms. The van der Waals surface area contributed by atoms with Crippen LogP contribution in [0.2, 0.25) is 5.02 Å². The van der Waals surface area contributed by atoms with Crippen molar-refractivity contribution in [3.8, 4) is 5.75 Å². The minimum absolute atomic E-state index is 0.321. The van der Waals surface area contributed by atoms with Gasteiger partial charge >= 0.3 is 5.97 Å². The van der Waals surface area contributed by atoms with Gasteiger partial charge in [0.1, 0.15) is 5.75 Å². The molecule has 0 aliphatic heterocycles. The van der Waals surface area contributed by atoms with E-state index in [1.54, 1.807) is 13.8 Å². The number of halogens is 1. The van der Waals surface area contributed by atoms with Crippen molar-refractivity contribution in [2.24, 2.45) is 0 Å². The van der Waals surface area contributed by atoms with Crippen LogP contribution in [-0.4, -0.2) is 18.2 Å². The molecule has 2 rings (SSSR count). The second-order valence-electron chi connectivity index (χ2n) is 6.21. The van der Waals surface area contributed by atoms with Crippen LogP contribution in [0.3, 0.4) is 0 Å². The van der Waals surface area contributed by atoms with Crippen molar-refractivity contribution < 1.29 is 14.3 Å². The highest BCUT2D eigenvalue weighted by molar-refractivity contribution is 6.30. The molecule has 2 aromatic rings. The van der Waals surface area contributed by atoms with Crippen molar-refractivity contribution >= 4 is 17.6 Å². The molecular formula is C21H25ClO3. The highest BCUT2D eigenvalue weighted by atomic mass is 35.5. The zero-order valence-corrected chi connectivity index (χ0v) is 15.8. The number of benzene rings is 2. The molecule has 2 aromatic carbocycles. The maximum Gasteiger partial charge on any atom is 0.350 e. The van der Waals surface area contributed by atoms with Gasteiger partial charge in [-0.25, -0.2) is 4.79 Å². The summed E-state index contributed by atoms with van der Waals surface area (Å²) in [5.41, 5.74) is 1.17. The van der Waals surface area contributed by atoms with Gasteiger partial charge in [0, 0.05) is 11.4 Å². The van der Waals surface area contributed by atoms with Crippen LogP contribution >= 0.6 is 11.6 Å². The molecule has 0 radical (unpaired) electrons. The monoisotopic (exact) mass is 360 g/mol. The normalized spacial score (nSPS) is 13.1. The summed E-state index contributed by atoms with van der Waals surface area (Å²) >= 11 is 5.96. The molecule has 0 saturated heterocycles. The Morgan fingerprint density at radius 2 is 1.76 bits per heavy atom. The van der Waals surface area contributed by atoms with E-state index in [4.69, 9.17) is 21.1 Å². The molecule has 1 unspecified atom stereocenters. The van der Waals surface area contributed by atoms with Crippen molar-refractivity contribution in [3.63, 3.8) is 0 Å². The zero-order chi connectivity index (χ0) is 18.3. The van der Waals surface area contributed by atoms with Gasteiger partial charge in [-0.2, -0.15) is 0 Å². The third kappa shape index (κ3) is 5.23. The first-order valence-electron chi connectivity index (χ1n) is 8.67. The van der Waals surface area contributed by atoms with E-state index in [1.807, 2.05) is 55.5 Å². The van der Waals surface area contributed by atoms with Crippen LogP contribution in [0, 0.1) is 0 Å². The lowest BCUT2D eigenvalue weighted by molar-refractivity contribution is -0.161. The lowest BCUT2D eigenvalue weighted by Crippen LogP contribution is -2.43. The number of hydrogen-bond acceptors (Lipinski definition) is 3. The molecule has 0 spiro atoms. The zero-order valence-electron chi connectivity index (χ0n) is 15.0. The maximum absolute atomic E-state index is 12.4. The summed E-state index contributed by atoms with van der Waals surface area (Å²) in [6, 6.07) is 15.5. The molecule has 4 heteroatoms. The molecule has 0 aliphatic carbocycles. The number of esters is 1. The van der Waals surface area contributed by atoms with Crippen LogP contribution < -0.4 is 4.74 Å². The van der Waals surface area contributed by atoms with E-state index in [1.165, 1.54) is 0 Å². The molecule has 0 heterocycles. The fourth-order valence-electron chi connectivity index (χ4n) is 2.77. The molecule has 0 fully saturated rings. The Kier molecular flexibility index (Phi) is 6.89. The van der Waals surface area contributed by atoms with E-state index < -0.39 is 5.60 Å². The van der Waals surface area contributed by atoms with Crippen LogP contribution in [0.4, 0.5) is 0 Å². The van der Waals surface area contributed by atoms with E-state index in [0.717, 1.165) is 17.5 Å². The summed E-state index contributed by atoms with van der Waals surface area (Å²) in [5.74, 6) is 0.389. The van der Waals surface area contributed by atoms with E-state index >= 15 is 0 Å². The van der Waals surface area contributed by atoms with E-state index in [2.05, 4.69) is 0 Å². The van der Waals surface area contributed by atoms with Crippen molar-refractivity contribution in [2.45, 2.75) is 45.6 Å². The summed E-state index contributed by atoms with van der Waals surface area (Å²) < 4.78 is 11.4. The Balaban J connectivity index is 2.26. The van der Waals surface area contributed by atoms with Gasteiger partial charge in [0.2, 0.25) is 5.60 Å². The summed E-state index contributed by atoms with van der Waals surface area (Å²) in [7, 11) is 0. The van der Waals surface area contributed by atoms with Gasteiger partial charge in [-0.05, 0) is 49.6 Å². The highest BCUT2D eigenvalue weighted by Crippen LogP contribution is 2.29. The molecule has 134 valence electrons. The third-order valence-corrected chi connectivity index (χ3v) is 4.30. The predicted molar refractivity (Wildman–Crippen MR) is 101 cm³/mol. The minimum Gasteiger partial charge on any atom is -0.476 e. The molecule has 0 saturated carbocycles. The fourth-order valence-corrected chi connectivity index (χ4v) is 2.90. The largest absolute Gasteiger partial charge is 0.476 e. The van der Waals surface area contributed by atoms with Crippen molar-refractivity contribution in [3.05, 3.63) is 64.7 Å². The lowest BCUT2D eigenvalue weighted by atomic mass is 9.99. The van der Waals surface area contributed by atoms with Crippen LogP contribution in [0.15, 0.2) is 48.5 Å². The van der Waals surface area contributed by atoms with E-state index in [-0.39, 0.29) is 5.97 Å². The lowest BCUT2D eigenvalue weighted by Gasteiger charge is -2.29. The first kappa shape index (κ1) is 19.3. The summed E-state index contributed by atoms with van der Waals surface area (Å²) in [4.78, 5) is 12.4. The summed E-state index contributed by atoms with van der Waals surface area (Å²) in [5, 5.41) is 0.714. The van der Waals surface area contributed by atoms with Crippen LogP contribution in [0.1, 0.15) is 44.7 Å². The first-order valence-corrected chi connectivity index (χ1v) is 9.05. The fraction of sp³-hybridized carbons (Fsp3) is 0.381. The minimum atomic E-state index is -0.985. The Morgan fingerprint density at radius 3 is 2.40 bits per heavy atom. The molecule has 0 aromatic heterocycles. The maximum atomic E-state index is 12.4. The smallest absolute Gasteiger partial charge is 0.350 e. The first-order chi connectivity index (χ1) is 12.0. The standard InChI is InChI=1S/C21H25ClO3/c1-4-14-21(3,20(23)24-5-2)25-19-9-7-6-8-17(19)15-16-10-12-18(22)13-11-16/h6-13H,4-5,14-15H2,1-3H3. The topological polar surface area (TPSA) is 35.5 Å². The summed E-state index contributed by atoms with van der Waals surface area (Å²) in [6.07, 6.45) is 2.13. The number of carbonyl (C=O) groups excluding carboxylic acids is 1. The predicted octanol–water partition coefficient (Wildman–Crippen LogP) is 5.43. The van der Waals surface area contributed by atoms with Gasteiger partial charge in [0.05, 0.1) is 6.61 Å². The Bertz CT molecular complexity index is 697. The van der Waals surface area contributed by atoms with Crippen LogP contribution in [-0.2, 0) is 16.0 Å². The van der Waals surface area contributed by atoms with Crippen molar-refractivity contribution in [1.29, 1.82) is 0 Å². The number of carbonyl (C=O) groups is 1. The molecule has 0 bridgehead atoms. The molecule has 1 atom stereocenters. The summed E-state index contributed by atoms with van der Waals surface area (Å²) in [6.45, 7) is 5.97. The number of para-hydroxylation sites is 1. The molecule has 3 nitrogen and oxygen atoms in total. The molecule has 0 amide bonds. The van der Waals surface area contributed by atoms with Gasteiger partial charge in [0.25, 0.3) is 0 Å². The SMILES string of the molecule is CCCC(C)(Oc1ccccc1Cc1ccc(Cl)cc1)C(=O)OCC. The van der Waals surface area contributed by atoms with Crippen molar-refractivity contribution in [1.82, 2.24) is 0 Å². The molecular weight excluding hydrogens is 336 g/mol. The number of ether oxygens (including phenoxy) is 2. The van der Waals surface area contributed by atoms with Gasteiger partial charge in [-0.1, -0.05) is 55.3 Å². The van der Waals surface area contributed by atoms with Crippen molar-refractivity contribution in [2.75, 3.05) is 6.61 Å². The van der Waals surface area contributed by atoms with Gasteiger partial charge in [0.15, 0.2) is 0 Å². The van der Waals surface area contributed by atoms with Gasteiger partial charge in [-0.3, -0.25) is 0 Å². The average Bonchev–Trinajstić information content (AvgIpc) is 2.59. The van der Waals surface area contributed by atoms with Gasteiger partial charge in [-0.15, -0.1) is 0 Å². The third-order valence-electron chi connectivity index (χ3n) is 4.05. The number of rotatable bonds is 8. The quantitative estimate of drug-likeness (QED) is 0.588. The Labute approximate surface area is 154 Å². The average molecular weight is 361 g/mol. The van der Waals surface area contributed by atoms with E-state index in [9.17, 15) is 4.79 Å². The second kappa shape index (κ2) is 8.91. The Hall–Kier alpha value is -2.00. The Morgan fingerprint density at radius 1 is 1.08 bits per heavy atom. The van der Waals surface area contributed by atoms with Gasteiger partial charge < -0.3 is 9.47 Å².